The number of aromatic nitrogens is 4. The van der Waals surface area contributed by atoms with Gasteiger partial charge >= 0.3 is 0 Å². The molecule has 2 unspecified atom stereocenters. The van der Waals surface area contributed by atoms with E-state index in [4.69, 9.17) is 30.6 Å². The molecule has 11 nitrogen and oxygen atoms in total. The lowest BCUT2D eigenvalue weighted by Crippen LogP contribution is -2.55. The first-order valence-electron chi connectivity index (χ1n) is 21.0. The second-order valence-electron chi connectivity index (χ2n) is 16.8. The Morgan fingerprint density at radius 1 is 1.00 bits per heavy atom. The van der Waals surface area contributed by atoms with E-state index in [0.29, 0.717) is 24.7 Å². The first kappa shape index (κ1) is 38.0. The van der Waals surface area contributed by atoms with Crippen molar-refractivity contribution >= 4 is 27.8 Å². The van der Waals surface area contributed by atoms with Crippen LogP contribution in [0.2, 0.25) is 0 Å². The van der Waals surface area contributed by atoms with Crippen molar-refractivity contribution in [2.75, 3.05) is 50.8 Å². The van der Waals surface area contributed by atoms with Crippen molar-refractivity contribution in [3.05, 3.63) is 88.6 Å². The highest BCUT2D eigenvalue weighted by molar-refractivity contribution is 5.97. The van der Waals surface area contributed by atoms with Crippen molar-refractivity contribution < 1.29 is 14.2 Å². The van der Waals surface area contributed by atoms with Gasteiger partial charge in [-0.3, -0.25) is 4.79 Å². The van der Waals surface area contributed by atoms with Crippen LogP contribution < -0.4 is 15.8 Å². The number of anilines is 1. The summed E-state index contributed by atoms with van der Waals surface area (Å²) in [6, 6.07) is 19.4. The number of pyridine rings is 1. The molecule has 2 atom stereocenters. The lowest BCUT2D eigenvalue weighted by molar-refractivity contribution is -0.197. The highest BCUT2D eigenvalue weighted by Gasteiger charge is 2.45. The van der Waals surface area contributed by atoms with E-state index in [1.807, 2.05) is 24.5 Å². The molecule has 1 saturated carbocycles. The largest absolute Gasteiger partial charge is 0.358 e. The summed E-state index contributed by atoms with van der Waals surface area (Å²) >= 11 is 0. The minimum atomic E-state index is -1.03. The van der Waals surface area contributed by atoms with Crippen molar-refractivity contribution in [1.82, 2.24) is 29.7 Å². The van der Waals surface area contributed by atoms with E-state index < -0.39 is 5.60 Å². The molecule has 0 bridgehead atoms. The minimum Gasteiger partial charge on any atom is -0.358 e. The maximum absolute atomic E-state index is 13.1. The molecular formula is C46H55N7O4. The van der Waals surface area contributed by atoms with Crippen LogP contribution in [-0.4, -0.2) is 94.3 Å². The molecule has 4 fully saturated rings. The minimum absolute atomic E-state index is 0.0594. The van der Waals surface area contributed by atoms with E-state index in [2.05, 4.69) is 75.4 Å². The number of rotatable bonds is 12. The zero-order valence-corrected chi connectivity index (χ0v) is 33.3. The van der Waals surface area contributed by atoms with Crippen LogP contribution in [0.3, 0.4) is 0 Å². The maximum atomic E-state index is 13.1. The summed E-state index contributed by atoms with van der Waals surface area (Å²) in [5, 5.41) is 5.36. The van der Waals surface area contributed by atoms with Crippen LogP contribution >= 0.6 is 0 Å². The zero-order valence-electron chi connectivity index (χ0n) is 33.3. The number of H-pyrrole nitrogens is 1. The Morgan fingerprint density at radius 3 is 2.54 bits per heavy atom. The number of terminal acetylenes is 1. The Bertz CT molecular complexity index is 2290. The van der Waals surface area contributed by atoms with Gasteiger partial charge in [-0.2, -0.15) is 0 Å². The fourth-order valence-electron chi connectivity index (χ4n) is 9.16. The van der Waals surface area contributed by atoms with E-state index in [1.54, 1.807) is 11.6 Å². The molecule has 2 N–H and O–H groups in total. The van der Waals surface area contributed by atoms with Gasteiger partial charge in [0.25, 0.3) is 5.56 Å². The van der Waals surface area contributed by atoms with Crippen molar-refractivity contribution in [3.63, 3.8) is 0 Å². The van der Waals surface area contributed by atoms with E-state index >= 15 is 0 Å². The molecule has 3 saturated heterocycles. The van der Waals surface area contributed by atoms with Gasteiger partial charge in [-0.15, -0.1) is 6.42 Å². The summed E-state index contributed by atoms with van der Waals surface area (Å²) in [7, 11) is 1.80. The van der Waals surface area contributed by atoms with Gasteiger partial charge in [0.05, 0.1) is 30.5 Å². The molecule has 0 spiro atoms. The first-order chi connectivity index (χ1) is 27.8. The van der Waals surface area contributed by atoms with Crippen LogP contribution in [0.5, 0.6) is 0 Å². The molecule has 6 heterocycles. The third-order valence-electron chi connectivity index (χ3n) is 12.8. The summed E-state index contributed by atoms with van der Waals surface area (Å²) in [4.78, 5) is 32.2. The van der Waals surface area contributed by atoms with Crippen molar-refractivity contribution in [1.29, 1.82) is 0 Å². The number of nitrogens with zero attached hydrogens (tertiary/aromatic N) is 5. The summed E-state index contributed by atoms with van der Waals surface area (Å²) < 4.78 is 21.8. The topological polar surface area (TPSA) is 110 Å². The van der Waals surface area contributed by atoms with E-state index in [1.165, 1.54) is 0 Å². The number of ether oxygens (including phenoxy) is 3. The van der Waals surface area contributed by atoms with Crippen LogP contribution in [0.15, 0.2) is 71.8 Å². The number of aryl methyl sites for hydroxylation is 1. The van der Waals surface area contributed by atoms with E-state index in [9.17, 15) is 4.79 Å². The Kier molecular flexibility index (Phi) is 10.7. The smallest absolute Gasteiger partial charge is 0.274 e. The molecule has 0 amide bonds. The number of piperidine rings is 2. The molecule has 57 heavy (non-hydrogen) atoms. The molecule has 3 aromatic heterocycles. The first-order valence-corrected chi connectivity index (χ1v) is 21.0. The summed E-state index contributed by atoms with van der Waals surface area (Å²) in [5.74, 6) is 3.47. The standard InChI is InChI=1S/C46H55N7O4/c1-4-22-48-45(2)20-26-52(27-21-45)34-18-24-53(25-19-34)44-49-39-16-13-32(38-30-51(3)43(54)41-36(38)17-23-47-41)29-37(39)42(50-44)46(57-35-14-15-35,33-10-6-5-7-11-33)31-56-40-12-8-9-28-55-40/h1,5-7,10-11,13,16-17,23,29-30,34-35,40,47-48H,8-9,12,14-15,18-22,24-28,31H2,2-3H3. The second kappa shape index (κ2) is 16.0. The van der Waals surface area contributed by atoms with Crippen LogP contribution in [0.1, 0.15) is 76.0 Å². The molecule has 1 aliphatic carbocycles. The van der Waals surface area contributed by atoms with Crippen LogP contribution in [0.25, 0.3) is 32.9 Å². The molecule has 2 aromatic carbocycles. The van der Waals surface area contributed by atoms with Gasteiger partial charge in [-0.05, 0) is 94.0 Å². The average Bonchev–Trinajstić information content (AvgIpc) is 3.94. The fraction of sp³-hybridized carbons (Fsp3) is 0.500. The predicted octanol–water partition coefficient (Wildman–Crippen LogP) is 6.49. The van der Waals surface area contributed by atoms with Crippen molar-refractivity contribution in [3.8, 4) is 23.5 Å². The van der Waals surface area contributed by atoms with Gasteiger partial charge in [0.15, 0.2) is 11.9 Å². The molecule has 9 rings (SSSR count). The van der Waals surface area contributed by atoms with Crippen molar-refractivity contribution in [2.45, 2.75) is 94.3 Å². The average molecular weight is 770 g/mol. The Labute approximate surface area is 335 Å². The molecule has 3 aliphatic heterocycles. The highest BCUT2D eigenvalue weighted by atomic mass is 16.7. The van der Waals surface area contributed by atoms with E-state index in [0.717, 1.165) is 129 Å². The Hall–Kier alpha value is -4.57. The van der Waals surface area contributed by atoms with Crippen molar-refractivity contribution in [2.24, 2.45) is 7.05 Å². The Balaban J connectivity index is 1.12. The summed E-state index contributed by atoms with van der Waals surface area (Å²) in [6.07, 6.45) is 18.3. The number of aromatic amines is 1. The van der Waals surface area contributed by atoms with Crippen LogP contribution in [0.4, 0.5) is 5.95 Å². The molecule has 0 radical (unpaired) electrons. The van der Waals surface area contributed by atoms with Crippen LogP contribution in [-0.2, 0) is 26.9 Å². The SMILES string of the molecule is C#CCNC1(C)CCN(C2CCN(c3nc(C(COC4CCCCO4)(OC4CC4)c4ccccc4)c4cc(-c5cn(C)c(=O)c6[nH]ccc56)ccc4n3)CC2)CC1. The van der Waals surface area contributed by atoms with Crippen LogP contribution in [0, 0.1) is 12.3 Å². The lowest BCUT2D eigenvalue weighted by Gasteiger charge is -2.45. The number of nitrogens with one attached hydrogen (secondary N) is 2. The second-order valence-corrected chi connectivity index (χ2v) is 16.8. The molecule has 11 heteroatoms. The molecule has 4 aliphatic rings. The molecule has 5 aromatic rings. The van der Waals surface area contributed by atoms with Gasteiger partial charge in [0, 0.05) is 80.1 Å². The quantitative estimate of drug-likeness (QED) is 0.138. The Morgan fingerprint density at radius 2 is 1.81 bits per heavy atom. The number of likely N-dealkylation sites (tertiary alicyclic amines) is 1. The number of benzene rings is 2. The van der Waals surface area contributed by atoms with Gasteiger partial charge in [0.1, 0.15) is 5.52 Å². The monoisotopic (exact) mass is 769 g/mol. The van der Waals surface area contributed by atoms with Gasteiger partial charge < -0.3 is 38.9 Å². The molecular weight excluding hydrogens is 715 g/mol. The summed E-state index contributed by atoms with van der Waals surface area (Å²) in [6.45, 7) is 7.76. The number of fused-ring (bicyclic) bond motifs is 2. The van der Waals surface area contributed by atoms with Gasteiger partial charge in [-0.25, -0.2) is 9.97 Å². The third kappa shape index (κ3) is 7.74. The normalized spacial score (nSPS) is 21.8. The lowest BCUT2D eigenvalue weighted by atomic mass is 9.87. The summed E-state index contributed by atoms with van der Waals surface area (Å²) in [5.41, 5.74) is 4.16. The third-order valence-corrected chi connectivity index (χ3v) is 12.8. The highest BCUT2D eigenvalue weighted by Crippen LogP contribution is 2.44. The molecule has 298 valence electrons. The van der Waals surface area contributed by atoms with Gasteiger partial charge in [0.2, 0.25) is 5.95 Å². The number of hydrogen-bond donors (Lipinski definition) is 2. The number of hydrogen-bond acceptors (Lipinski definition) is 9. The maximum Gasteiger partial charge on any atom is 0.274 e. The fourth-order valence-corrected chi connectivity index (χ4v) is 9.16. The van der Waals surface area contributed by atoms with Gasteiger partial charge in [-0.1, -0.05) is 42.3 Å². The van der Waals surface area contributed by atoms with E-state index in [-0.39, 0.29) is 30.1 Å². The zero-order chi connectivity index (χ0) is 39.0. The predicted molar refractivity (Wildman–Crippen MR) is 224 cm³/mol.